The van der Waals surface area contributed by atoms with Crippen molar-refractivity contribution in [3.8, 4) is 17.3 Å². The summed E-state index contributed by atoms with van der Waals surface area (Å²) in [6, 6.07) is 12.0. The lowest BCUT2D eigenvalue weighted by molar-refractivity contribution is -0.142. The average Bonchev–Trinajstić information content (AvgIpc) is 3.64. The molecule has 2 aliphatic heterocycles. The number of β-amino-alcohol motifs (C(OH)–C–C–N with tert-alkyl or cyclic N) is 1. The largest absolute Gasteiger partial charge is 0.389 e. The van der Waals surface area contributed by atoms with Gasteiger partial charge in [-0.2, -0.15) is 10.4 Å². The zero-order valence-electron chi connectivity index (χ0n) is 25.1. The normalized spacial score (nSPS) is 18.1. The number of halogens is 1. The number of likely N-dealkylation sites (tertiary alicyclic amines) is 1. The molecular formula is C31H33FN8O2S. The third-order valence-corrected chi connectivity index (χ3v) is 9.58. The minimum absolute atomic E-state index is 0.00313. The summed E-state index contributed by atoms with van der Waals surface area (Å²) < 4.78 is 25.9. The fourth-order valence-electron chi connectivity index (χ4n) is 5.83. The topological polar surface area (TPSA) is 104 Å². The predicted octanol–water partition coefficient (Wildman–Crippen LogP) is 3.75. The monoisotopic (exact) mass is 601 g/mol. The highest BCUT2D eigenvalue weighted by Gasteiger charge is 2.34. The Labute approximate surface area is 254 Å². The summed E-state index contributed by atoms with van der Waals surface area (Å²) in [4.78, 5) is 25.4. The van der Waals surface area contributed by atoms with Crippen LogP contribution in [0.5, 0.6) is 0 Å². The number of hydrogen-bond donors (Lipinski definition) is 1. The van der Waals surface area contributed by atoms with E-state index in [1.54, 1.807) is 11.0 Å². The molecule has 1 saturated carbocycles. The van der Waals surface area contributed by atoms with E-state index in [9.17, 15) is 15.2 Å². The van der Waals surface area contributed by atoms with Crippen molar-refractivity contribution in [2.45, 2.75) is 31.8 Å². The lowest BCUT2D eigenvalue weighted by atomic mass is 10.1. The van der Waals surface area contributed by atoms with Crippen LogP contribution in [0.2, 0.25) is 0 Å². The molecule has 222 valence electrons. The number of aliphatic hydroxyl groups is 1. The van der Waals surface area contributed by atoms with Crippen molar-refractivity contribution in [1.82, 2.24) is 24.4 Å². The molecule has 0 spiro atoms. The molecule has 7 rings (SSSR count). The average molecular weight is 602 g/mol. The number of aliphatic hydroxyl groups excluding tert-OH is 1. The molecule has 1 aliphatic carbocycles. The Hall–Kier alpha value is -4.05. The number of hydrogen-bond acceptors (Lipinski definition) is 9. The van der Waals surface area contributed by atoms with Gasteiger partial charge in [0.05, 0.1) is 42.8 Å². The van der Waals surface area contributed by atoms with Crippen LogP contribution in [0, 0.1) is 24.1 Å². The molecule has 12 heteroatoms. The van der Waals surface area contributed by atoms with Crippen LogP contribution in [0.3, 0.4) is 0 Å². The van der Waals surface area contributed by atoms with E-state index in [2.05, 4.69) is 6.07 Å². The molecule has 3 aromatic heterocycles. The molecule has 3 aliphatic rings. The van der Waals surface area contributed by atoms with Crippen molar-refractivity contribution in [2.24, 2.45) is 0 Å². The van der Waals surface area contributed by atoms with E-state index in [0.29, 0.717) is 66.2 Å². The van der Waals surface area contributed by atoms with Gasteiger partial charge in [-0.1, -0.05) is 41.2 Å². The van der Waals surface area contributed by atoms with Crippen LogP contribution in [0.15, 0.2) is 36.5 Å². The van der Waals surface area contributed by atoms with Crippen LogP contribution < -0.4 is 9.80 Å². The third-order valence-electron chi connectivity index (χ3n) is 8.54. The maximum Gasteiger partial charge on any atom is 0.236 e. The first-order valence-electron chi connectivity index (χ1n) is 15.1. The zero-order valence-corrected chi connectivity index (χ0v) is 24.9. The Kier molecular flexibility index (Phi) is 6.73. The third kappa shape index (κ3) is 5.22. The molecule has 0 atom stereocenters. The summed E-state index contributed by atoms with van der Waals surface area (Å²) in [6.07, 6.45) is 1.21. The number of amides is 1. The summed E-state index contributed by atoms with van der Waals surface area (Å²) in [7, 11) is 1.89. The van der Waals surface area contributed by atoms with E-state index < -0.39 is 11.9 Å². The number of carbonyl (C=O) groups is 1. The molecule has 10 nitrogen and oxygen atoms in total. The van der Waals surface area contributed by atoms with E-state index in [4.69, 9.17) is 11.5 Å². The molecule has 0 bridgehead atoms. The number of benzene rings is 1. The fourth-order valence-corrected chi connectivity index (χ4v) is 6.69. The number of anilines is 3. The van der Waals surface area contributed by atoms with Crippen LogP contribution in [-0.2, 0) is 4.79 Å². The molecule has 1 amide bonds. The first-order valence-corrected chi connectivity index (χ1v) is 15.4. The molecule has 0 radical (unpaired) electrons. The molecule has 3 fully saturated rings. The minimum atomic E-state index is -0.627. The highest BCUT2D eigenvalue weighted by Crippen LogP contribution is 2.48. The number of piperazine rings is 1. The molecule has 4 aromatic rings. The van der Waals surface area contributed by atoms with Crippen LogP contribution in [0.4, 0.5) is 20.9 Å². The first kappa shape index (κ1) is 26.6. The Morgan fingerprint density at radius 3 is 2.60 bits per heavy atom. The molecule has 0 unspecified atom stereocenters. The molecule has 43 heavy (non-hydrogen) atoms. The fraction of sp³-hybridized carbons (Fsp3) is 0.419. The SMILES string of the molecule is [2H]c1c(F)c(N2CCN(CC(=O)N3CC(O)C3)CC2)cc2c(N(C)c3nc(-c4ccc(C)cc4)c(C#N)s3)c(C3CC3)nn12. The van der Waals surface area contributed by atoms with Gasteiger partial charge in [-0.15, -0.1) is 0 Å². The number of carbonyl (C=O) groups excluding carboxylic acids is 1. The van der Waals surface area contributed by atoms with Gasteiger partial charge in [0.15, 0.2) is 10.9 Å². The molecule has 2 saturated heterocycles. The van der Waals surface area contributed by atoms with Gasteiger partial charge in [-0.3, -0.25) is 9.69 Å². The van der Waals surface area contributed by atoms with Crippen LogP contribution >= 0.6 is 11.3 Å². The highest BCUT2D eigenvalue weighted by atomic mass is 32.1. The minimum Gasteiger partial charge on any atom is -0.389 e. The number of nitrogens with zero attached hydrogens (tertiary/aromatic N) is 8. The highest BCUT2D eigenvalue weighted by molar-refractivity contribution is 7.16. The Bertz CT molecular complexity index is 1780. The number of rotatable bonds is 7. The maximum absolute atomic E-state index is 15.8. The quantitative estimate of drug-likeness (QED) is 0.342. The molecule has 1 N–H and O–H groups in total. The summed E-state index contributed by atoms with van der Waals surface area (Å²) in [5.74, 6) is -0.409. The lowest BCUT2D eigenvalue weighted by Crippen LogP contribution is -2.57. The van der Waals surface area contributed by atoms with Crippen molar-refractivity contribution in [3.63, 3.8) is 0 Å². The second-order valence-electron chi connectivity index (χ2n) is 11.7. The van der Waals surface area contributed by atoms with E-state index in [1.807, 2.05) is 52.9 Å². The van der Waals surface area contributed by atoms with Crippen molar-refractivity contribution >= 4 is 39.3 Å². The van der Waals surface area contributed by atoms with Gasteiger partial charge >= 0.3 is 0 Å². The van der Waals surface area contributed by atoms with Gasteiger partial charge in [0.2, 0.25) is 5.91 Å². The van der Waals surface area contributed by atoms with Gasteiger partial charge in [0, 0.05) is 57.8 Å². The number of thiazole rings is 1. The second kappa shape index (κ2) is 10.9. The Morgan fingerprint density at radius 1 is 1.23 bits per heavy atom. The van der Waals surface area contributed by atoms with Gasteiger partial charge in [0.1, 0.15) is 16.6 Å². The number of fused-ring (bicyclic) bond motifs is 1. The summed E-state index contributed by atoms with van der Waals surface area (Å²) in [5, 5.41) is 24.8. The van der Waals surface area contributed by atoms with E-state index in [-0.39, 0.29) is 24.5 Å². The van der Waals surface area contributed by atoms with Gasteiger partial charge in [0.25, 0.3) is 0 Å². The van der Waals surface area contributed by atoms with Crippen LogP contribution in [-0.4, -0.2) is 94.4 Å². The summed E-state index contributed by atoms with van der Waals surface area (Å²) >= 11 is 1.30. The smallest absolute Gasteiger partial charge is 0.236 e. The Morgan fingerprint density at radius 2 is 1.95 bits per heavy atom. The van der Waals surface area contributed by atoms with E-state index >= 15 is 4.39 Å². The number of aryl methyl sites for hydroxylation is 1. The van der Waals surface area contributed by atoms with E-state index in [1.165, 1.54) is 15.9 Å². The standard InChI is InChI=1S/C31H33FN8O2S/c1-19-3-5-20(6-4-19)28-26(14-33)43-31(34-28)36(2)30-25-13-24(23(32)17-40(25)35-29(30)21-7-8-21)38-11-9-37(10-12-38)18-27(42)39-15-22(41)16-39/h3-6,13,17,21-22,41H,7-12,15-16,18H2,1-2H3/i17D. The van der Waals surface area contributed by atoms with Gasteiger partial charge in [-0.05, 0) is 25.8 Å². The zero-order chi connectivity index (χ0) is 30.7. The lowest BCUT2D eigenvalue weighted by Gasteiger charge is -2.39. The number of aromatic nitrogens is 3. The summed E-state index contributed by atoms with van der Waals surface area (Å²) in [6.45, 7) is 5.23. The molecule has 5 heterocycles. The summed E-state index contributed by atoms with van der Waals surface area (Å²) in [5.41, 5.74) is 5.16. The van der Waals surface area contributed by atoms with Crippen LogP contribution in [0.25, 0.3) is 16.8 Å². The maximum atomic E-state index is 15.8. The number of pyridine rings is 1. The second-order valence-corrected chi connectivity index (χ2v) is 12.7. The van der Waals surface area contributed by atoms with Crippen LogP contribution in [0.1, 0.15) is 36.3 Å². The van der Waals surface area contributed by atoms with Crippen molar-refractivity contribution in [1.29, 1.82) is 5.26 Å². The Balaban J connectivity index is 1.20. The van der Waals surface area contributed by atoms with Crippen molar-refractivity contribution in [2.75, 3.05) is 62.7 Å². The van der Waals surface area contributed by atoms with Crippen molar-refractivity contribution < 1.29 is 15.7 Å². The van der Waals surface area contributed by atoms with Gasteiger partial charge < -0.3 is 19.8 Å². The number of nitriles is 1. The molecule has 1 aromatic carbocycles. The predicted molar refractivity (Wildman–Crippen MR) is 163 cm³/mol. The van der Waals surface area contributed by atoms with E-state index in [0.717, 1.165) is 35.3 Å². The first-order chi connectivity index (χ1) is 21.2. The molecular weight excluding hydrogens is 567 g/mol. The van der Waals surface area contributed by atoms with Crippen molar-refractivity contribution in [3.05, 3.63) is 58.5 Å². The van der Waals surface area contributed by atoms with Gasteiger partial charge in [-0.25, -0.2) is 13.9 Å².